The highest BCUT2D eigenvalue weighted by Gasteiger charge is 2.16. The number of aliphatic hydroxyl groups is 1. The normalized spacial score (nSPS) is 14.8. The molecule has 1 rings (SSSR count). The second kappa shape index (κ2) is 6.46. The number of benzene rings is 1. The van der Waals surface area contributed by atoms with Crippen LogP contribution in [0.5, 0.6) is 0 Å². The predicted molar refractivity (Wildman–Crippen MR) is 74.5 cm³/mol. The Balaban J connectivity index is 2.91. The van der Waals surface area contributed by atoms with E-state index in [9.17, 15) is 5.11 Å². The van der Waals surface area contributed by atoms with Crippen LogP contribution in [0.15, 0.2) is 6.07 Å². The van der Waals surface area contributed by atoms with E-state index in [1.54, 1.807) is 6.92 Å². The molecule has 0 amide bonds. The largest absolute Gasteiger partial charge is 0.392 e. The van der Waals surface area contributed by atoms with Gasteiger partial charge in [0.1, 0.15) is 0 Å². The molecule has 1 aromatic rings. The second-order valence-corrected chi connectivity index (χ2v) is 5.48. The molecule has 0 saturated heterocycles. The van der Waals surface area contributed by atoms with Gasteiger partial charge in [-0.15, -0.1) is 0 Å². The highest BCUT2D eigenvalue weighted by Crippen LogP contribution is 2.37. The van der Waals surface area contributed by atoms with Gasteiger partial charge < -0.3 is 10.8 Å². The molecule has 2 unspecified atom stereocenters. The van der Waals surface area contributed by atoms with Gasteiger partial charge >= 0.3 is 0 Å². The maximum atomic E-state index is 9.63. The highest BCUT2D eigenvalue weighted by atomic mass is 35.5. The van der Waals surface area contributed by atoms with E-state index in [2.05, 4.69) is 0 Å². The molecular weight excluding hydrogens is 304 g/mol. The van der Waals surface area contributed by atoms with Crippen LogP contribution in [0.25, 0.3) is 0 Å². The summed E-state index contributed by atoms with van der Waals surface area (Å²) in [7, 11) is 0. The summed E-state index contributed by atoms with van der Waals surface area (Å²) >= 11 is 23.9. The van der Waals surface area contributed by atoms with Gasteiger partial charge in [0.05, 0.1) is 26.2 Å². The minimum absolute atomic E-state index is 0.304. The first-order valence-electron chi connectivity index (χ1n) is 5.10. The van der Waals surface area contributed by atoms with Crippen molar-refractivity contribution in [2.75, 3.05) is 0 Å². The molecule has 1 aromatic carbocycles. The van der Waals surface area contributed by atoms with Crippen LogP contribution in [0.3, 0.4) is 0 Å². The van der Waals surface area contributed by atoms with E-state index in [-0.39, 0.29) is 6.04 Å². The van der Waals surface area contributed by atoms with Gasteiger partial charge in [0.25, 0.3) is 0 Å². The number of hydrogen-bond acceptors (Lipinski definition) is 2. The Morgan fingerprint density at radius 3 is 2.06 bits per heavy atom. The lowest BCUT2D eigenvalue weighted by molar-refractivity contribution is 0.141. The topological polar surface area (TPSA) is 46.2 Å². The van der Waals surface area contributed by atoms with Crippen molar-refractivity contribution in [1.29, 1.82) is 0 Å². The zero-order valence-corrected chi connectivity index (χ0v) is 12.2. The molecule has 2 atom stereocenters. The average Bonchev–Trinajstić information content (AvgIpc) is 2.26. The van der Waals surface area contributed by atoms with E-state index < -0.39 is 6.10 Å². The predicted octanol–water partition coefficient (Wildman–Crippen LogP) is 3.94. The van der Waals surface area contributed by atoms with E-state index >= 15 is 0 Å². The van der Waals surface area contributed by atoms with Gasteiger partial charge in [-0.05, 0) is 31.4 Å². The molecule has 0 saturated carbocycles. The number of aliphatic hydroxyl groups excluding tert-OH is 1. The fourth-order valence-corrected chi connectivity index (χ4v) is 2.43. The third kappa shape index (κ3) is 3.88. The van der Waals surface area contributed by atoms with Crippen LogP contribution in [0.4, 0.5) is 0 Å². The van der Waals surface area contributed by atoms with Crippen LogP contribution >= 0.6 is 46.4 Å². The Labute approximate surface area is 121 Å². The maximum absolute atomic E-state index is 9.63. The quantitative estimate of drug-likeness (QED) is 0.826. The molecule has 17 heavy (non-hydrogen) atoms. The van der Waals surface area contributed by atoms with E-state index in [4.69, 9.17) is 52.1 Å². The summed E-state index contributed by atoms with van der Waals surface area (Å²) in [4.78, 5) is 0. The molecule has 2 nitrogen and oxygen atoms in total. The Morgan fingerprint density at radius 2 is 1.65 bits per heavy atom. The zero-order chi connectivity index (χ0) is 13.2. The fourth-order valence-electron chi connectivity index (χ4n) is 1.40. The second-order valence-electron chi connectivity index (χ2n) is 3.91. The van der Waals surface area contributed by atoms with Gasteiger partial charge in [-0.1, -0.05) is 46.4 Å². The molecule has 6 heteroatoms. The van der Waals surface area contributed by atoms with E-state index in [0.29, 0.717) is 38.5 Å². The van der Waals surface area contributed by atoms with Gasteiger partial charge in [-0.25, -0.2) is 0 Å². The third-order valence-electron chi connectivity index (χ3n) is 2.50. The Bertz CT molecular complexity index is 383. The number of rotatable bonds is 4. The summed E-state index contributed by atoms with van der Waals surface area (Å²) in [6, 6.07) is 1.20. The molecule has 3 N–H and O–H groups in total. The van der Waals surface area contributed by atoms with Crippen LogP contribution in [0, 0.1) is 0 Å². The average molecular weight is 317 g/mol. The Hall–Kier alpha value is 0.300. The molecule has 0 radical (unpaired) electrons. The van der Waals surface area contributed by atoms with Gasteiger partial charge in [-0.3, -0.25) is 0 Å². The van der Waals surface area contributed by atoms with Crippen molar-refractivity contribution in [3.63, 3.8) is 0 Å². The maximum Gasteiger partial charge on any atom is 0.0691 e. The summed E-state index contributed by atoms with van der Waals surface area (Å²) in [6.45, 7) is 1.73. The van der Waals surface area contributed by atoms with Crippen LogP contribution in [-0.4, -0.2) is 17.3 Å². The van der Waals surface area contributed by atoms with Crippen molar-refractivity contribution in [3.05, 3.63) is 31.7 Å². The van der Waals surface area contributed by atoms with Crippen LogP contribution < -0.4 is 5.73 Å². The molecule has 0 aliphatic carbocycles. The smallest absolute Gasteiger partial charge is 0.0691 e. The SMILES string of the molecule is CC(N)C(O)CCc1c(Cl)c(Cl)cc(Cl)c1Cl. The van der Waals surface area contributed by atoms with Gasteiger partial charge in [0, 0.05) is 6.04 Å². The number of halogens is 4. The van der Waals surface area contributed by atoms with Crippen LogP contribution in [0.1, 0.15) is 18.9 Å². The monoisotopic (exact) mass is 315 g/mol. The van der Waals surface area contributed by atoms with Crippen molar-refractivity contribution < 1.29 is 5.11 Å². The van der Waals surface area contributed by atoms with E-state index in [1.807, 2.05) is 0 Å². The van der Waals surface area contributed by atoms with Crippen molar-refractivity contribution >= 4 is 46.4 Å². The summed E-state index contributed by atoms with van der Waals surface area (Å²) in [5.74, 6) is 0. The Morgan fingerprint density at radius 1 is 1.18 bits per heavy atom. The van der Waals surface area contributed by atoms with Crippen molar-refractivity contribution in [2.24, 2.45) is 5.73 Å². The molecule has 0 aliphatic rings. The molecule has 0 heterocycles. The molecule has 0 aliphatic heterocycles. The summed E-state index contributed by atoms with van der Waals surface area (Å²) in [5.41, 5.74) is 6.21. The summed E-state index contributed by atoms with van der Waals surface area (Å²) < 4.78 is 0. The van der Waals surface area contributed by atoms with Crippen molar-refractivity contribution in [1.82, 2.24) is 0 Å². The van der Waals surface area contributed by atoms with Gasteiger partial charge in [-0.2, -0.15) is 0 Å². The highest BCUT2D eigenvalue weighted by molar-refractivity contribution is 6.48. The van der Waals surface area contributed by atoms with E-state index in [0.717, 1.165) is 0 Å². The number of hydrogen-bond donors (Lipinski definition) is 2. The first-order chi connectivity index (χ1) is 7.84. The van der Waals surface area contributed by atoms with Crippen LogP contribution in [-0.2, 0) is 6.42 Å². The lowest BCUT2D eigenvalue weighted by Crippen LogP contribution is -2.31. The first-order valence-corrected chi connectivity index (χ1v) is 6.61. The molecule has 0 aromatic heterocycles. The zero-order valence-electron chi connectivity index (χ0n) is 9.18. The van der Waals surface area contributed by atoms with Gasteiger partial charge in [0.15, 0.2) is 0 Å². The van der Waals surface area contributed by atoms with E-state index in [1.165, 1.54) is 6.07 Å². The summed E-state index contributed by atoms with van der Waals surface area (Å²) in [6.07, 6.45) is 0.314. The lowest BCUT2D eigenvalue weighted by Gasteiger charge is -2.16. The third-order valence-corrected chi connectivity index (χ3v) is 4.15. The minimum Gasteiger partial charge on any atom is -0.392 e. The molecular formula is C11H13Cl4NO. The molecule has 0 fully saturated rings. The minimum atomic E-state index is -0.611. The van der Waals surface area contributed by atoms with Gasteiger partial charge in [0.2, 0.25) is 0 Å². The number of nitrogens with two attached hydrogens (primary N) is 1. The first kappa shape index (κ1) is 15.4. The Kier molecular flexibility index (Phi) is 5.84. The van der Waals surface area contributed by atoms with Crippen molar-refractivity contribution in [3.8, 4) is 0 Å². The van der Waals surface area contributed by atoms with Crippen LogP contribution in [0.2, 0.25) is 20.1 Å². The molecule has 0 spiro atoms. The standard InChI is InChI=1S/C11H13Cl4NO/c1-5(16)9(17)3-2-6-10(14)7(12)4-8(13)11(6)15/h4-5,9,17H,2-3,16H2,1H3. The lowest BCUT2D eigenvalue weighted by atomic mass is 10.0. The summed E-state index contributed by atoms with van der Waals surface area (Å²) in [5, 5.41) is 11.1. The fraction of sp³-hybridized carbons (Fsp3) is 0.455. The molecule has 96 valence electrons. The molecule has 0 bridgehead atoms. The van der Waals surface area contributed by atoms with Crippen molar-refractivity contribution in [2.45, 2.75) is 31.9 Å².